The van der Waals surface area contributed by atoms with E-state index in [4.69, 9.17) is 9.97 Å². The summed E-state index contributed by atoms with van der Waals surface area (Å²) in [7, 11) is 0. The molecular weight excluding hydrogens is 993 g/mol. The monoisotopic (exact) mass is 1050 g/mol. The van der Waals surface area contributed by atoms with Crippen molar-refractivity contribution < 1.29 is 0 Å². The summed E-state index contributed by atoms with van der Waals surface area (Å²) in [5.41, 5.74) is 28.2. The predicted molar refractivity (Wildman–Crippen MR) is 341 cm³/mol. The number of aromatic nitrogens is 3. The highest BCUT2D eigenvalue weighted by atomic mass is 15.2. The summed E-state index contributed by atoms with van der Waals surface area (Å²) in [6.07, 6.45) is 0. The van der Waals surface area contributed by atoms with E-state index in [2.05, 4.69) is 306 Å². The molecule has 0 unspecified atom stereocenters. The SMILES string of the molecule is Cc1cc(C)cc(-c2cc(-c3cc(C)cc(C)c3)nc(-n3c4ccc(N(c5ccc(-c6ccccc6)cc5)c5ccc6c(c5)C(c5ccccc5)(c5ccccc5)c5ccccc5-6)cc4c4cc5c(cc43)C(C)(C)c3ccccc3-5)n2)c1. The third-order valence-electron chi connectivity index (χ3n) is 17.6. The zero-order valence-corrected chi connectivity index (χ0v) is 47.0. The van der Waals surface area contributed by atoms with Gasteiger partial charge in [-0.1, -0.05) is 206 Å². The fourth-order valence-corrected chi connectivity index (χ4v) is 14.1. The van der Waals surface area contributed by atoms with E-state index in [-0.39, 0.29) is 5.41 Å². The van der Waals surface area contributed by atoms with Crippen LogP contribution in [0.25, 0.3) is 83.6 Å². The van der Waals surface area contributed by atoms with Crippen LogP contribution in [0.15, 0.2) is 255 Å². The summed E-state index contributed by atoms with van der Waals surface area (Å²) in [5.74, 6) is 0.636. The van der Waals surface area contributed by atoms with E-state index in [0.29, 0.717) is 5.95 Å². The van der Waals surface area contributed by atoms with Crippen molar-refractivity contribution in [3.05, 3.63) is 310 Å². The maximum absolute atomic E-state index is 5.61. The van der Waals surface area contributed by atoms with E-state index < -0.39 is 5.41 Å². The van der Waals surface area contributed by atoms with Gasteiger partial charge < -0.3 is 4.90 Å². The Balaban J connectivity index is 1.01. The third-order valence-corrected chi connectivity index (χ3v) is 17.6. The number of aryl methyl sites for hydroxylation is 4. The van der Waals surface area contributed by atoms with Crippen LogP contribution in [0.1, 0.15) is 69.5 Å². The van der Waals surface area contributed by atoms with Gasteiger partial charge in [-0.3, -0.25) is 4.57 Å². The molecule has 11 aromatic carbocycles. The second-order valence-corrected chi connectivity index (χ2v) is 23.3. The molecule has 2 heterocycles. The largest absolute Gasteiger partial charge is 0.310 e. The molecule has 0 saturated heterocycles. The highest BCUT2D eigenvalue weighted by molar-refractivity contribution is 6.13. The zero-order valence-electron chi connectivity index (χ0n) is 47.0. The summed E-state index contributed by atoms with van der Waals surface area (Å²) in [6.45, 7) is 13.4. The van der Waals surface area contributed by atoms with Crippen LogP contribution in [0.4, 0.5) is 17.1 Å². The van der Waals surface area contributed by atoms with Crippen LogP contribution in [0.5, 0.6) is 0 Å². The summed E-state index contributed by atoms with van der Waals surface area (Å²) < 4.78 is 2.34. The number of hydrogen-bond donors (Lipinski definition) is 0. The van der Waals surface area contributed by atoms with Crippen molar-refractivity contribution in [1.29, 1.82) is 0 Å². The predicted octanol–water partition coefficient (Wildman–Crippen LogP) is 19.9. The van der Waals surface area contributed by atoms with Gasteiger partial charge in [0, 0.05) is 44.4 Å². The molecule has 0 radical (unpaired) electrons. The Morgan fingerprint density at radius 3 is 1.41 bits per heavy atom. The molecule has 4 heteroatoms. The van der Waals surface area contributed by atoms with Crippen molar-refractivity contribution >= 4 is 38.9 Å². The van der Waals surface area contributed by atoms with Gasteiger partial charge >= 0.3 is 0 Å². The molecule has 0 N–H and O–H groups in total. The second kappa shape index (κ2) is 18.9. The normalized spacial score (nSPS) is 13.4. The second-order valence-electron chi connectivity index (χ2n) is 23.3. The first-order valence-corrected chi connectivity index (χ1v) is 28.6. The number of rotatable bonds is 9. The number of anilines is 3. The lowest BCUT2D eigenvalue weighted by atomic mass is 9.67. The van der Waals surface area contributed by atoms with Gasteiger partial charge in [0.05, 0.1) is 27.8 Å². The number of hydrogen-bond acceptors (Lipinski definition) is 3. The molecule has 0 atom stereocenters. The van der Waals surface area contributed by atoms with Crippen molar-refractivity contribution in [2.75, 3.05) is 4.90 Å². The molecule has 82 heavy (non-hydrogen) atoms. The smallest absolute Gasteiger partial charge is 0.235 e. The molecule has 0 fully saturated rings. The standard InChI is InChI=1S/C78H60N4/c1-49-38-50(2)41-55(40-49)72-48-73(56-42-51(3)39-52(4)43-56)80-76(79-72)82-74-37-35-60(44-66(74)67-46-65-63-27-16-18-28-68(63)77(5,6)70(65)47-75(67)82)81(59-32-30-54(31-33-59)53-20-10-7-11-21-53)61-34-36-64-62-26-17-19-29-69(62)78(71(64)45-61,57-22-12-8-13-23-57)58-24-14-9-15-25-58/h7-48H,1-6H3. The number of nitrogens with zero attached hydrogens (tertiary/aromatic N) is 4. The lowest BCUT2D eigenvalue weighted by Crippen LogP contribution is -2.28. The molecule has 0 aliphatic heterocycles. The Morgan fingerprint density at radius 2 is 0.805 bits per heavy atom. The van der Waals surface area contributed by atoms with E-state index in [0.717, 1.165) is 61.4 Å². The van der Waals surface area contributed by atoms with Crippen molar-refractivity contribution in [1.82, 2.24) is 14.5 Å². The van der Waals surface area contributed by atoms with Gasteiger partial charge in [0.25, 0.3) is 0 Å². The summed E-state index contributed by atoms with van der Waals surface area (Å²) >= 11 is 0. The first-order chi connectivity index (χ1) is 40.0. The molecule has 2 aliphatic carbocycles. The van der Waals surface area contributed by atoms with E-state index >= 15 is 0 Å². The lowest BCUT2D eigenvalue weighted by Gasteiger charge is -2.35. The fourth-order valence-electron chi connectivity index (χ4n) is 14.1. The van der Waals surface area contributed by atoms with Crippen molar-refractivity contribution in [2.24, 2.45) is 0 Å². The van der Waals surface area contributed by atoms with Gasteiger partial charge in [-0.05, 0) is 179 Å². The topological polar surface area (TPSA) is 34.0 Å². The van der Waals surface area contributed by atoms with Gasteiger partial charge in [0.1, 0.15) is 0 Å². The summed E-state index contributed by atoms with van der Waals surface area (Å²) in [5, 5.41) is 2.26. The molecule has 2 aliphatic rings. The molecule has 4 nitrogen and oxygen atoms in total. The van der Waals surface area contributed by atoms with Gasteiger partial charge in [-0.25, -0.2) is 9.97 Å². The molecule has 15 rings (SSSR count). The molecule has 0 saturated carbocycles. The minimum Gasteiger partial charge on any atom is -0.310 e. The Morgan fingerprint density at radius 1 is 0.329 bits per heavy atom. The first kappa shape index (κ1) is 49.2. The molecule has 392 valence electrons. The van der Waals surface area contributed by atoms with Crippen molar-refractivity contribution in [3.8, 4) is 61.8 Å². The molecular formula is C78H60N4. The molecule has 0 amide bonds. The fraction of sp³-hybridized carbons (Fsp3) is 0.103. The minimum atomic E-state index is -0.573. The Hall–Kier alpha value is -9.90. The van der Waals surface area contributed by atoms with Crippen LogP contribution >= 0.6 is 0 Å². The third kappa shape index (κ3) is 7.73. The van der Waals surface area contributed by atoms with Gasteiger partial charge in [-0.2, -0.15) is 0 Å². The van der Waals surface area contributed by atoms with Crippen molar-refractivity contribution in [3.63, 3.8) is 0 Å². The van der Waals surface area contributed by atoms with E-state index in [1.807, 2.05) is 0 Å². The van der Waals surface area contributed by atoms with Crippen LogP contribution < -0.4 is 4.90 Å². The average molecular weight is 1050 g/mol. The summed E-state index contributed by atoms with van der Waals surface area (Å²) in [4.78, 5) is 13.7. The van der Waals surface area contributed by atoms with Crippen LogP contribution in [0.2, 0.25) is 0 Å². The van der Waals surface area contributed by atoms with Crippen molar-refractivity contribution in [2.45, 2.75) is 52.4 Å². The summed E-state index contributed by atoms with van der Waals surface area (Å²) in [6, 6.07) is 94.6. The number of fused-ring (bicyclic) bond motifs is 9. The Kier molecular flexibility index (Phi) is 11.3. The van der Waals surface area contributed by atoms with Crippen LogP contribution in [0, 0.1) is 27.7 Å². The highest BCUT2D eigenvalue weighted by Crippen LogP contribution is 2.58. The maximum atomic E-state index is 5.61. The van der Waals surface area contributed by atoms with Gasteiger partial charge in [0.2, 0.25) is 5.95 Å². The zero-order chi connectivity index (χ0) is 55.4. The molecule has 0 bridgehead atoms. The van der Waals surface area contributed by atoms with Crippen LogP contribution in [0.3, 0.4) is 0 Å². The average Bonchev–Trinajstić information content (AvgIpc) is 1.83. The maximum Gasteiger partial charge on any atom is 0.235 e. The molecule has 0 spiro atoms. The Bertz CT molecular complexity index is 4530. The number of benzene rings is 11. The van der Waals surface area contributed by atoms with Crippen LogP contribution in [-0.2, 0) is 10.8 Å². The Labute approximate surface area is 480 Å². The first-order valence-electron chi connectivity index (χ1n) is 28.6. The molecule has 13 aromatic rings. The quantitative estimate of drug-likeness (QED) is 0.144. The molecule has 2 aromatic heterocycles. The van der Waals surface area contributed by atoms with E-state index in [1.165, 1.54) is 89.0 Å². The minimum absolute atomic E-state index is 0.233. The van der Waals surface area contributed by atoms with Gasteiger partial charge in [-0.15, -0.1) is 0 Å². The van der Waals surface area contributed by atoms with E-state index in [1.54, 1.807) is 0 Å². The lowest BCUT2D eigenvalue weighted by molar-refractivity contribution is 0.661. The highest BCUT2D eigenvalue weighted by Gasteiger charge is 2.46. The van der Waals surface area contributed by atoms with Gasteiger partial charge in [0.15, 0.2) is 0 Å². The van der Waals surface area contributed by atoms with Crippen LogP contribution in [-0.4, -0.2) is 14.5 Å². The van der Waals surface area contributed by atoms with E-state index in [9.17, 15) is 0 Å².